The van der Waals surface area contributed by atoms with Crippen LogP contribution in [0.2, 0.25) is 0 Å². The molecule has 2 rings (SSSR count). The van der Waals surface area contributed by atoms with Crippen LogP contribution < -0.4 is 16.0 Å². The van der Waals surface area contributed by atoms with Gasteiger partial charge in [0.1, 0.15) is 0 Å². The zero-order chi connectivity index (χ0) is 19.9. The molecule has 0 saturated heterocycles. The number of nitrogens with zero attached hydrogens (tertiary/aromatic N) is 1. The Kier molecular flexibility index (Phi) is 7.13. The molecule has 3 N–H and O–H groups in total. The van der Waals surface area contributed by atoms with Crippen molar-refractivity contribution >= 4 is 23.2 Å². The maximum Gasteiger partial charge on any atom is 0.231 e. The Morgan fingerprint density at radius 3 is 2.11 bits per heavy atom. The number of nitrogens with two attached hydrogens (primary N) is 1. The number of likely N-dealkylation sites (N-methyl/N-ethyl adjacent to an activating group) is 1. The van der Waals surface area contributed by atoms with Gasteiger partial charge in [-0.2, -0.15) is 0 Å². The van der Waals surface area contributed by atoms with E-state index in [9.17, 15) is 9.59 Å². The molecule has 0 radical (unpaired) electrons. The third-order valence-corrected chi connectivity index (χ3v) is 5.31. The molecule has 0 aliphatic carbocycles. The third kappa shape index (κ3) is 4.95. The fourth-order valence-corrected chi connectivity index (χ4v) is 3.01. The van der Waals surface area contributed by atoms with E-state index in [1.807, 2.05) is 68.4 Å². The summed E-state index contributed by atoms with van der Waals surface area (Å²) in [5, 5.41) is 2.95. The van der Waals surface area contributed by atoms with Crippen molar-refractivity contribution in [2.75, 3.05) is 23.8 Å². The van der Waals surface area contributed by atoms with Gasteiger partial charge in [0.15, 0.2) is 0 Å². The summed E-state index contributed by atoms with van der Waals surface area (Å²) in [5.41, 5.74) is 7.78. The van der Waals surface area contributed by atoms with Crippen LogP contribution in [0.5, 0.6) is 0 Å². The Labute approximate surface area is 161 Å². The number of amides is 2. The third-order valence-electron chi connectivity index (χ3n) is 5.31. The molecule has 5 heteroatoms. The van der Waals surface area contributed by atoms with Crippen LogP contribution in [0.3, 0.4) is 0 Å². The minimum absolute atomic E-state index is 0.0112. The number of hydrogen-bond donors (Lipinski definition) is 2. The highest BCUT2D eigenvalue weighted by Crippen LogP contribution is 2.27. The highest BCUT2D eigenvalue weighted by molar-refractivity contribution is 5.96. The Bertz CT molecular complexity index is 745. The number of carbonyl (C=O) groups is 2. The van der Waals surface area contributed by atoms with Crippen molar-refractivity contribution < 1.29 is 9.59 Å². The van der Waals surface area contributed by atoms with Gasteiger partial charge in [0.25, 0.3) is 0 Å². The van der Waals surface area contributed by atoms with Gasteiger partial charge in [0, 0.05) is 25.0 Å². The van der Waals surface area contributed by atoms with Crippen LogP contribution in [0, 0.1) is 5.41 Å². The predicted octanol–water partition coefficient (Wildman–Crippen LogP) is 3.60. The minimum Gasteiger partial charge on any atom is -0.329 e. The molecule has 0 aromatic heterocycles. The Hall–Kier alpha value is -2.66. The van der Waals surface area contributed by atoms with E-state index in [0.717, 1.165) is 11.3 Å². The normalized spacial score (nSPS) is 11.1. The zero-order valence-electron chi connectivity index (χ0n) is 16.4. The summed E-state index contributed by atoms with van der Waals surface area (Å²) in [6.07, 6.45) is 1.70. The first-order valence-corrected chi connectivity index (χ1v) is 9.37. The van der Waals surface area contributed by atoms with E-state index in [4.69, 9.17) is 5.73 Å². The van der Waals surface area contributed by atoms with Crippen LogP contribution in [-0.2, 0) is 16.0 Å². The van der Waals surface area contributed by atoms with Crippen LogP contribution in [0.4, 0.5) is 11.4 Å². The highest BCUT2D eigenvalue weighted by atomic mass is 16.2. The molecule has 0 fully saturated rings. The molecule has 27 heavy (non-hydrogen) atoms. The van der Waals surface area contributed by atoms with Crippen LogP contribution in [0.25, 0.3) is 0 Å². The van der Waals surface area contributed by atoms with Gasteiger partial charge < -0.3 is 16.0 Å². The monoisotopic (exact) mass is 367 g/mol. The van der Waals surface area contributed by atoms with Crippen molar-refractivity contribution in [1.29, 1.82) is 0 Å². The number of rotatable bonds is 8. The second-order valence-electron chi connectivity index (χ2n) is 6.81. The summed E-state index contributed by atoms with van der Waals surface area (Å²) < 4.78 is 0. The summed E-state index contributed by atoms with van der Waals surface area (Å²) in [5.74, 6) is -0.0419. The summed E-state index contributed by atoms with van der Waals surface area (Å²) in [6, 6.07) is 16.9. The van der Waals surface area contributed by atoms with Crippen molar-refractivity contribution in [1.82, 2.24) is 0 Å². The van der Waals surface area contributed by atoms with Gasteiger partial charge >= 0.3 is 0 Å². The van der Waals surface area contributed by atoms with E-state index >= 15 is 0 Å². The number of carbonyl (C=O) groups excluding carboxylic acids is 2. The lowest BCUT2D eigenvalue weighted by Crippen LogP contribution is -2.41. The molecule has 0 heterocycles. The lowest BCUT2D eigenvalue weighted by atomic mass is 9.81. The molecule has 2 aromatic rings. The van der Waals surface area contributed by atoms with Crippen molar-refractivity contribution in [3.05, 3.63) is 60.2 Å². The van der Waals surface area contributed by atoms with Gasteiger partial charge in [-0.3, -0.25) is 9.59 Å². The van der Waals surface area contributed by atoms with Crippen LogP contribution in [-0.4, -0.2) is 25.4 Å². The van der Waals surface area contributed by atoms with Crippen LogP contribution in [0.15, 0.2) is 54.6 Å². The van der Waals surface area contributed by atoms with Crippen molar-refractivity contribution in [3.8, 4) is 0 Å². The second kappa shape index (κ2) is 9.33. The Morgan fingerprint density at radius 1 is 1.00 bits per heavy atom. The first-order chi connectivity index (χ1) is 13.0. The number of anilines is 2. The minimum atomic E-state index is -0.535. The molecule has 0 unspecified atom stereocenters. The molecule has 0 aliphatic heterocycles. The lowest BCUT2D eigenvalue weighted by Gasteiger charge is -2.28. The first-order valence-electron chi connectivity index (χ1n) is 9.37. The second-order valence-corrected chi connectivity index (χ2v) is 6.81. The van der Waals surface area contributed by atoms with E-state index in [0.29, 0.717) is 31.5 Å². The van der Waals surface area contributed by atoms with Crippen molar-refractivity contribution in [2.45, 2.75) is 33.1 Å². The Balaban J connectivity index is 2.01. The van der Waals surface area contributed by atoms with Crippen LogP contribution in [0.1, 0.15) is 32.3 Å². The van der Waals surface area contributed by atoms with E-state index in [-0.39, 0.29) is 11.8 Å². The molecule has 0 spiro atoms. The fraction of sp³-hybridized carbons (Fsp3) is 0.364. The van der Waals surface area contributed by atoms with Crippen molar-refractivity contribution in [2.24, 2.45) is 11.1 Å². The first kappa shape index (κ1) is 20.6. The standard InChI is InChI=1S/C22H29N3O2/c1-4-22(5-2,16-23)21(27)24-18-13-11-17(12-14-18)15-20(26)25(3)19-9-7-6-8-10-19/h6-14H,4-5,15-16,23H2,1-3H3,(H,24,27). The van der Waals surface area contributed by atoms with E-state index in [2.05, 4.69) is 5.32 Å². The molecular formula is C22H29N3O2. The maximum atomic E-state index is 12.6. The SMILES string of the molecule is CCC(CC)(CN)C(=O)Nc1ccc(CC(=O)N(C)c2ccccc2)cc1. The highest BCUT2D eigenvalue weighted by Gasteiger charge is 2.33. The van der Waals surface area contributed by atoms with Gasteiger partial charge in [0.05, 0.1) is 11.8 Å². The summed E-state index contributed by atoms with van der Waals surface area (Å²) in [6.45, 7) is 4.28. The average Bonchev–Trinajstić information content (AvgIpc) is 2.71. The quantitative estimate of drug-likeness (QED) is 0.748. The predicted molar refractivity (Wildman–Crippen MR) is 111 cm³/mol. The summed E-state index contributed by atoms with van der Waals surface area (Å²) in [7, 11) is 1.77. The topological polar surface area (TPSA) is 75.4 Å². The van der Waals surface area contributed by atoms with Gasteiger partial charge in [-0.25, -0.2) is 0 Å². The average molecular weight is 367 g/mol. The number of benzene rings is 2. The number of hydrogen-bond acceptors (Lipinski definition) is 3. The van der Waals surface area contributed by atoms with E-state index in [1.165, 1.54) is 0 Å². The molecular weight excluding hydrogens is 338 g/mol. The lowest BCUT2D eigenvalue weighted by molar-refractivity contribution is -0.125. The summed E-state index contributed by atoms with van der Waals surface area (Å²) in [4.78, 5) is 26.7. The molecule has 0 bridgehead atoms. The molecule has 2 amide bonds. The largest absolute Gasteiger partial charge is 0.329 e. The van der Waals surface area contributed by atoms with E-state index < -0.39 is 5.41 Å². The molecule has 5 nitrogen and oxygen atoms in total. The van der Waals surface area contributed by atoms with Gasteiger partial charge in [-0.15, -0.1) is 0 Å². The van der Waals surface area contributed by atoms with Crippen molar-refractivity contribution in [3.63, 3.8) is 0 Å². The molecule has 0 aliphatic rings. The zero-order valence-corrected chi connectivity index (χ0v) is 16.4. The molecule has 2 aromatic carbocycles. The number of nitrogens with one attached hydrogen (secondary N) is 1. The van der Waals surface area contributed by atoms with Gasteiger partial charge in [0.2, 0.25) is 11.8 Å². The van der Waals surface area contributed by atoms with Gasteiger partial charge in [-0.1, -0.05) is 44.2 Å². The van der Waals surface area contributed by atoms with Crippen LogP contribution >= 0.6 is 0 Å². The smallest absolute Gasteiger partial charge is 0.231 e. The summed E-state index contributed by atoms with van der Waals surface area (Å²) >= 11 is 0. The van der Waals surface area contributed by atoms with E-state index in [1.54, 1.807) is 11.9 Å². The molecule has 144 valence electrons. The molecule has 0 atom stereocenters. The maximum absolute atomic E-state index is 12.6. The Morgan fingerprint density at radius 2 is 1.59 bits per heavy atom. The van der Waals surface area contributed by atoms with Gasteiger partial charge in [-0.05, 0) is 42.7 Å². The molecule has 0 saturated carbocycles. The number of para-hydroxylation sites is 1. The fourth-order valence-electron chi connectivity index (χ4n) is 3.01.